The van der Waals surface area contributed by atoms with Gasteiger partial charge in [0.05, 0.1) is 4.92 Å². The summed E-state index contributed by atoms with van der Waals surface area (Å²) in [5, 5.41) is 11.3. The van der Waals surface area contributed by atoms with Crippen molar-refractivity contribution < 1.29 is 9.72 Å². The minimum atomic E-state index is -0.427. The van der Waals surface area contributed by atoms with E-state index in [2.05, 4.69) is 0 Å². The average Bonchev–Trinajstić information content (AvgIpc) is 3.11. The fraction of sp³-hybridized carbons (Fsp3) is 0.167. The first kappa shape index (κ1) is 17.5. The van der Waals surface area contributed by atoms with Crippen LogP contribution in [0.5, 0.6) is 0 Å². The van der Waals surface area contributed by atoms with Crippen LogP contribution in [0.2, 0.25) is 5.02 Å². The summed E-state index contributed by atoms with van der Waals surface area (Å²) in [5.41, 5.74) is 1.84. The quantitative estimate of drug-likeness (QED) is 0.448. The second-order valence-electron chi connectivity index (χ2n) is 5.49. The summed E-state index contributed by atoms with van der Waals surface area (Å²) >= 11 is 7.51. The number of hydrogen-bond acceptors (Lipinski definition) is 4. The second-order valence-corrected chi connectivity index (χ2v) is 7.11. The van der Waals surface area contributed by atoms with E-state index in [1.54, 1.807) is 53.1 Å². The van der Waals surface area contributed by atoms with Gasteiger partial charge in [-0.15, -0.1) is 11.8 Å². The lowest BCUT2D eigenvalue weighted by atomic mass is 10.1. The number of nitro groups is 1. The molecule has 3 rings (SSSR count). The van der Waals surface area contributed by atoms with Crippen LogP contribution >= 0.6 is 23.4 Å². The van der Waals surface area contributed by atoms with Gasteiger partial charge in [0.2, 0.25) is 5.91 Å². The van der Waals surface area contributed by atoms with E-state index < -0.39 is 4.92 Å². The number of nitrogens with zero attached hydrogens (tertiary/aromatic N) is 2. The number of amides is 1. The van der Waals surface area contributed by atoms with Gasteiger partial charge >= 0.3 is 0 Å². The van der Waals surface area contributed by atoms with Crippen molar-refractivity contribution in [1.29, 1.82) is 0 Å². The Bertz CT molecular complexity index is 806. The molecule has 2 aromatic rings. The number of carbonyl (C=O) groups is 1. The molecule has 0 aliphatic carbocycles. The van der Waals surface area contributed by atoms with Gasteiger partial charge in [0.15, 0.2) is 0 Å². The van der Waals surface area contributed by atoms with Crippen LogP contribution < -0.4 is 0 Å². The zero-order chi connectivity index (χ0) is 17.8. The Morgan fingerprint density at radius 1 is 1.20 bits per heavy atom. The lowest BCUT2D eigenvalue weighted by Gasteiger charge is -2.22. The van der Waals surface area contributed by atoms with E-state index in [-0.39, 0.29) is 17.0 Å². The summed E-state index contributed by atoms with van der Waals surface area (Å²) in [7, 11) is 0. The Balaban J connectivity index is 1.73. The molecule has 5 nitrogen and oxygen atoms in total. The molecular formula is C18H15ClN2O3S. The van der Waals surface area contributed by atoms with Crippen LogP contribution in [0.25, 0.3) is 6.08 Å². The first-order valence-electron chi connectivity index (χ1n) is 7.65. The maximum atomic E-state index is 12.5. The van der Waals surface area contributed by atoms with Gasteiger partial charge in [-0.3, -0.25) is 14.9 Å². The zero-order valence-electron chi connectivity index (χ0n) is 13.2. The molecule has 1 aliphatic rings. The Morgan fingerprint density at radius 2 is 1.88 bits per heavy atom. The smallest absolute Gasteiger partial charge is 0.269 e. The first-order valence-corrected chi connectivity index (χ1v) is 9.07. The third kappa shape index (κ3) is 4.21. The van der Waals surface area contributed by atoms with Crippen molar-refractivity contribution in [2.24, 2.45) is 0 Å². The van der Waals surface area contributed by atoms with Crippen LogP contribution in [0.1, 0.15) is 16.5 Å². The van der Waals surface area contributed by atoms with Gasteiger partial charge in [-0.2, -0.15) is 0 Å². The third-order valence-corrected chi connectivity index (χ3v) is 5.36. The van der Waals surface area contributed by atoms with Gasteiger partial charge in [-0.25, -0.2) is 0 Å². The normalized spacial score (nSPS) is 17.2. The van der Waals surface area contributed by atoms with Crippen molar-refractivity contribution in [2.75, 3.05) is 12.3 Å². The van der Waals surface area contributed by atoms with E-state index in [0.717, 1.165) is 16.9 Å². The van der Waals surface area contributed by atoms with Crippen LogP contribution in [0.15, 0.2) is 54.6 Å². The summed E-state index contributed by atoms with van der Waals surface area (Å²) < 4.78 is 0. The summed E-state index contributed by atoms with van der Waals surface area (Å²) in [5.74, 6) is 0.755. The van der Waals surface area contributed by atoms with E-state index >= 15 is 0 Å². The number of carbonyl (C=O) groups excluding carboxylic acids is 1. The summed E-state index contributed by atoms with van der Waals surface area (Å²) in [6.45, 7) is 0.649. The molecule has 7 heteroatoms. The van der Waals surface area contributed by atoms with Crippen LogP contribution in [0.4, 0.5) is 5.69 Å². The highest BCUT2D eigenvalue weighted by Crippen LogP contribution is 2.38. The van der Waals surface area contributed by atoms with Crippen molar-refractivity contribution in [3.63, 3.8) is 0 Å². The Morgan fingerprint density at radius 3 is 2.52 bits per heavy atom. The minimum Gasteiger partial charge on any atom is -0.322 e. The fourth-order valence-corrected chi connectivity index (χ4v) is 3.96. The molecule has 0 N–H and O–H groups in total. The van der Waals surface area contributed by atoms with Crippen molar-refractivity contribution in [1.82, 2.24) is 4.90 Å². The van der Waals surface area contributed by atoms with Crippen LogP contribution in [0.3, 0.4) is 0 Å². The van der Waals surface area contributed by atoms with Gasteiger partial charge in [0.25, 0.3) is 5.69 Å². The molecule has 1 aliphatic heterocycles. The topological polar surface area (TPSA) is 63.5 Å². The monoisotopic (exact) mass is 374 g/mol. The SMILES string of the molecule is O=C(/C=C/c1ccc(Cl)cc1)N1CCSC1c1ccc([N+](=O)[O-])cc1. The van der Waals surface area contributed by atoms with E-state index in [9.17, 15) is 14.9 Å². The molecule has 0 saturated carbocycles. The lowest BCUT2D eigenvalue weighted by Crippen LogP contribution is -2.28. The number of benzene rings is 2. The van der Waals surface area contributed by atoms with E-state index in [1.807, 2.05) is 12.1 Å². The van der Waals surface area contributed by atoms with Gasteiger partial charge in [-0.1, -0.05) is 23.7 Å². The van der Waals surface area contributed by atoms with Gasteiger partial charge in [-0.05, 0) is 41.5 Å². The molecular weight excluding hydrogens is 360 g/mol. The average molecular weight is 375 g/mol. The fourth-order valence-electron chi connectivity index (χ4n) is 2.57. The Hall–Kier alpha value is -2.31. The van der Waals surface area contributed by atoms with Crippen molar-refractivity contribution in [3.8, 4) is 0 Å². The van der Waals surface area contributed by atoms with Crippen molar-refractivity contribution in [2.45, 2.75) is 5.37 Å². The lowest BCUT2D eigenvalue weighted by molar-refractivity contribution is -0.384. The largest absolute Gasteiger partial charge is 0.322 e. The molecule has 1 amide bonds. The minimum absolute atomic E-state index is 0.0484. The van der Waals surface area contributed by atoms with Crippen LogP contribution in [-0.2, 0) is 4.79 Å². The van der Waals surface area contributed by atoms with Crippen molar-refractivity contribution in [3.05, 3.63) is 80.9 Å². The standard InChI is InChI=1S/C18H15ClN2O3S/c19-15-6-1-13(2-7-15)3-10-17(22)20-11-12-25-18(20)14-4-8-16(9-5-14)21(23)24/h1-10,18H,11-12H2/b10-3+. The van der Waals surface area contributed by atoms with Crippen molar-refractivity contribution >= 4 is 41.0 Å². The number of hydrogen-bond donors (Lipinski definition) is 0. The Labute approximate surface area is 154 Å². The predicted molar refractivity (Wildman–Crippen MR) is 100 cm³/mol. The highest BCUT2D eigenvalue weighted by atomic mass is 35.5. The third-order valence-electron chi connectivity index (χ3n) is 3.85. The summed E-state index contributed by atoms with van der Waals surface area (Å²) in [6, 6.07) is 13.6. The zero-order valence-corrected chi connectivity index (χ0v) is 14.7. The van der Waals surface area contributed by atoms with Crippen LogP contribution in [-0.4, -0.2) is 28.0 Å². The van der Waals surface area contributed by atoms with Gasteiger partial charge in [0.1, 0.15) is 5.37 Å². The number of thioether (sulfide) groups is 1. The number of nitro benzene ring substituents is 1. The Kier molecular flexibility index (Phi) is 5.40. The number of rotatable bonds is 4. The maximum absolute atomic E-state index is 12.5. The van der Waals surface area contributed by atoms with E-state index in [0.29, 0.717) is 11.6 Å². The first-order chi connectivity index (χ1) is 12.0. The predicted octanol–water partition coefficient (Wildman–Crippen LogP) is 4.54. The number of non-ortho nitro benzene ring substituents is 1. The molecule has 1 fully saturated rings. The highest BCUT2D eigenvalue weighted by molar-refractivity contribution is 7.99. The summed E-state index contributed by atoms with van der Waals surface area (Å²) in [6.07, 6.45) is 3.31. The molecule has 0 aromatic heterocycles. The number of halogens is 1. The molecule has 1 unspecified atom stereocenters. The highest BCUT2D eigenvalue weighted by Gasteiger charge is 2.29. The molecule has 25 heavy (non-hydrogen) atoms. The molecule has 1 heterocycles. The molecule has 0 radical (unpaired) electrons. The van der Waals surface area contributed by atoms with E-state index in [4.69, 9.17) is 11.6 Å². The molecule has 128 valence electrons. The second kappa shape index (κ2) is 7.72. The van der Waals surface area contributed by atoms with Crippen LogP contribution in [0, 0.1) is 10.1 Å². The molecule has 2 aromatic carbocycles. The molecule has 1 saturated heterocycles. The van der Waals surface area contributed by atoms with E-state index in [1.165, 1.54) is 12.1 Å². The van der Waals surface area contributed by atoms with Gasteiger partial charge < -0.3 is 4.90 Å². The molecule has 0 spiro atoms. The molecule has 1 atom stereocenters. The summed E-state index contributed by atoms with van der Waals surface area (Å²) in [4.78, 5) is 24.7. The van der Waals surface area contributed by atoms with Gasteiger partial charge in [0, 0.05) is 35.5 Å². The molecule has 0 bridgehead atoms. The maximum Gasteiger partial charge on any atom is 0.269 e.